The third-order valence-electron chi connectivity index (χ3n) is 6.09. The first-order valence-electron chi connectivity index (χ1n) is 11.4. The number of phenolic OH excluding ortho intramolecular Hbond substituents is 1. The molecule has 3 aromatic rings. The predicted octanol–water partition coefficient (Wildman–Crippen LogP) is 4.37. The molecule has 5 nitrogen and oxygen atoms in total. The molecular weight excluding hydrogens is 398 g/mol. The summed E-state index contributed by atoms with van der Waals surface area (Å²) in [6.07, 6.45) is 5.31. The van der Waals surface area contributed by atoms with Gasteiger partial charge in [0.25, 0.3) is 0 Å². The molecule has 5 heteroatoms. The molecule has 1 atom stereocenters. The van der Waals surface area contributed by atoms with Crippen LogP contribution in [-0.2, 0) is 17.8 Å². The minimum absolute atomic E-state index is 0.112. The van der Waals surface area contributed by atoms with Crippen LogP contribution in [0.3, 0.4) is 0 Å². The molecule has 1 aliphatic heterocycles. The van der Waals surface area contributed by atoms with Gasteiger partial charge in [-0.25, -0.2) is 0 Å². The van der Waals surface area contributed by atoms with Crippen molar-refractivity contribution >= 4 is 5.91 Å². The number of nitrogens with zero attached hydrogens (tertiary/aromatic N) is 3. The fourth-order valence-electron chi connectivity index (χ4n) is 4.58. The monoisotopic (exact) mass is 429 g/mol. The van der Waals surface area contributed by atoms with Gasteiger partial charge in [0, 0.05) is 50.7 Å². The fourth-order valence-corrected chi connectivity index (χ4v) is 4.58. The maximum Gasteiger partial charge on any atom is 0.227 e. The van der Waals surface area contributed by atoms with Crippen LogP contribution in [0.15, 0.2) is 73.1 Å². The molecule has 0 bridgehead atoms. The molecule has 1 fully saturated rings. The number of hydrogen-bond acceptors (Lipinski definition) is 4. The van der Waals surface area contributed by atoms with Gasteiger partial charge >= 0.3 is 0 Å². The van der Waals surface area contributed by atoms with Crippen LogP contribution in [0.2, 0.25) is 0 Å². The van der Waals surface area contributed by atoms with E-state index in [0.29, 0.717) is 13.0 Å². The largest absolute Gasteiger partial charge is 0.508 e. The van der Waals surface area contributed by atoms with Crippen LogP contribution in [-0.4, -0.2) is 52.0 Å². The van der Waals surface area contributed by atoms with Crippen molar-refractivity contribution in [3.8, 4) is 16.9 Å². The molecule has 0 aliphatic carbocycles. The zero-order chi connectivity index (χ0) is 22.3. The number of pyridine rings is 1. The Labute approximate surface area is 190 Å². The van der Waals surface area contributed by atoms with Crippen LogP contribution in [0.4, 0.5) is 0 Å². The molecule has 4 rings (SSSR count). The molecule has 1 amide bonds. The third kappa shape index (κ3) is 5.35. The van der Waals surface area contributed by atoms with E-state index in [4.69, 9.17) is 0 Å². The maximum absolute atomic E-state index is 13.5. The fraction of sp³-hybridized carbons (Fsp3) is 0.333. The van der Waals surface area contributed by atoms with Gasteiger partial charge in [-0.1, -0.05) is 49.4 Å². The van der Waals surface area contributed by atoms with Crippen molar-refractivity contribution in [2.45, 2.75) is 26.3 Å². The minimum Gasteiger partial charge on any atom is -0.508 e. The van der Waals surface area contributed by atoms with Gasteiger partial charge in [0.05, 0.1) is 5.92 Å². The molecule has 166 valence electrons. The first-order chi connectivity index (χ1) is 15.6. The Hall–Kier alpha value is -3.18. The number of aromatic nitrogens is 1. The van der Waals surface area contributed by atoms with Crippen LogP contribution in [0.25, 0.3) is 11.1 Å². The van der Waals surface area contributed by atoms with Crippen molar-refractivity contribution in [1.82, 2.24) is 14.8 Å². The van der Waals surface area contributed by atoms with Crippen molar-refractivity contribution in [2.24, 2.45) is 5.92 Å². The van der Waals surface area contributed by atoms with E-state index < -0.39 is 0 Å². The molecular formula is C27H31N3O2. The molecule has 0 spiro atoms. The molecule has 1 aromatic heterocycles. The number of phenols is 1. The topological polar surface area (TPSA) is 56.7 Å². The lowest BCUT2D eigenvalue weighted by Gasteiger charge is -2.25. The van der Waals surface area contributed by atoms with Gasteiger partial charge < -0.3 is 10.0 Å². The molecule has 2 aromatic carbocycles. The average molecular weight is 430 g/mol. The number of benzene rings is 2. The zero-order valence-corrected chi connectivity index (χ0v) is 18.7. The lowest BCUT2D eigenvalue weighted by atomic mass is 9.91. The Morgan fingerprint density at radius 2 is 1.94 bits per heavy atom. The van der Waals surface area contributed by atoms with E-state index in [1.165, 1.54) is 5.56 Å². The SMILES string of the molecule is CCCN1CCN(Cc2cccc(O)c2)CC(Cc2ccccc2-c2cccnc2)C1=O. The van der Waals surface area contributed by atoms with Gasteiger partial charge in [-0.15, -0.1) is 0 Å². The number of carbonyl (C=O) groups excluding carboxylic acids is 1. The van der Waals surface area contributed by atoms with Crippen molar-refractivity contribution in [1.29, 1.82) is 0 Å². The van der Waals surface area contributed by atoms with E-state index in [2.05, 4.69) is 35.0 Å². The number of aromatic hydroxyl groups is 1. The predicted molar refractivity (Wildman–Crippen MR) is 127 cm³/mol. The van der Waals surface area contributed by atoms with E-state index in [1.54, 1.807) is 12.3 Å². The standard InChI is InChI=1S/C27H31N3O2/c1-2-13-30-15-14-29(19-21-7-5-10-25(31)16-21)20-24(27(30)32)17-22-8-3-4-11-26(22)23-9-6-12-28-18-23/h3-12,16,18,24,31H,2,13-15,17,19-20H2,1H3. The quantitative estimate of drug-likeness (QED) is 0.606. The number of amides is 1. The summed E-state index contributed by atoms with van der Waals surface area (Å²) < 4.78 is 0. The molecule has 1 aliphatic rings. The van der Waals surface area contributed by atoms with Gasteiger partial charge in [-0.3, -0.25) is 14.7 Å². The van der Waals surface area contributed by atoms with Gasteiger partial charge in [-0.05, 0) is 47.7 Å². The van der Waals surface area contributed by atoms with Crippen LogP contribution >= 0.6 is 0 Å². The summed E-state index contributed by atoms with van der Waals surface area (Å²) in [6.45, 7) is 5.92. The first-order valence-corrected chi connectivity index (χ1v) is 11.4. The molecule has 0 saturated carbocycles. The summed E-state index contributed by atoms with van der Waals surface area (Å²) in [5.74, 6) is 0.411. The normalized spacial score (nSPS) is 17.3. The van der Waals surface area contributed by atoms with E-state index in [0.717, 1.165) is 49.3 Å². The second-order valence-corrected chi connectivity index (χ2v) is 8.53. The summed E-state index contributed by atoms with van der Waals surface area (Å²) in [5, 5.41) is 9.85. The number of rotatable bonds is 7. The zero-order valence-electron chi connectivity index (χ0n) is 18.7. The Morgan fingerprint density at radius 1 is 1.06 bits per heavy atom. The van der Waals surface area contributed by atoms with Crippen LogP contribution in [0.5, 0.6) is 5.75 Å². The first kappa shape index (κ1) is 22.0. The summed E-state index contributed by atoms with van der Waals surface area (Å²) in [4.78, 5) is 22.1. The summed E-state index contributed by atoms with van der Waals surface area (Å²) in [6, 6.07) is 19.7. The summed E-state index contributed by atoms with van der Waals surface area (Å²) >= 11 is 0. The van der Waals surface area contributed by atoms with Gasteiger partial charge in [0.2, 0.25) is 5.91 Å². The Kier molecular flexibility index (Phi) is 7.17. The second-order valence-electron chi connectivity index (χ2n) is 8.53. The average Bonchev–Trinajstić information content (AvgIpc) is 2.94. The van der Waals surface area contributed by atoms with Crippen LogP contribution in [0, 0.1) is 5.92 Å². The number of hydrogen-bond donors (Lipinski definition) is 1. The van der Waals surface area contributed by atoms with E-state index in [-0.39, 0.29) is 17.6 Å². The van der Waals surface area contributed by atoms with E-state index in [9.17, 15) is 9.90 Å². The Morgan fingerprint density at radius 3 is 2.72 bits per heavy atom. The highest BCUT2D eigenvalue weighted by Gasteiger charge is 2.30. The highest BCUT2D eigenvalue weighted by atomic mass is 16.3. The van der Waals surface area contributed by atoms with E-state index >= 15 is 0 Å². The third-order valence-corrected chi connectivity index (χ3v) is 6.09. The lowest BCUT2D eigenvalue weighted by molar-refractivity contribution is -0.134. The molecule has 1 unspecified atom stereocenters. The van der Waals surface area contributed by atoms with Crippen molar-refractivity contribution < 1.29 is 9.90 Å². The van der Waals surface area contributed by atoms with Gasteiger partial charge in [0.1, 0.15) is 5.75 Å². The number of carbonyl (C=O) groups is 1. The lowest BCUT2D eigenvalue weighted by Crippen LogP contribution is -2.37. The van der Waals surface area contributed by atoms with Crippen molar-refractivity contribution in [2.75, 3.05) is 26.2 Å². The molecule has 2 heterocycles. The van der Waals surface area contributed by atoms with Crippen LogP contribution < -0.4 is 0 Å². The molecule has 32 heavy (non-hydrogen) atoms. The molecule has 0 radical (unpaired) electrons. The molecule has 1 saturated heterocycles. The smallest absolute Gasteiger partial charge is 0.227 e. The molecule has 1 N–H and O–H groups in total. The minimum atomic E-state index is -0.112. The summed E-state index contributed by atoms with van der Waals surface area (Å²) in [7, 11) is 0. The summed E-state index contributed by atoms with van der Waals surface area (Å²) in [5.41, 5.74) is 4.45. The maximum atomic E-state index is 13.5. The highest BCUT2D eigenvalue weighted by molar-refractivity contribution is 5.80. The second kappa shape index (κ2) is 10.4. The van der Waals surface area contributed by atoms with Gasteiger partial charge in [-0.2, -0.15) is 0 Å². The van der Waals surface area contributed by atoms with Crippen molar-refractivity contribution in [3.63, 3.8) is 0 Å². The Balaban J connectivity index is 1.59. The Bertz CT molecular complexity index is 1040. The van der Waals surface area contributed by atoms with E-state index in [1.807, 2.05) is 47.5 Å². The van der Waals surface area contributed by atoms with Gasteiger partial charge in [0.15, 0.2) is 0 Å². The highest BCUT2D eigenvalue weighted by Crippen LogP contribution is 2.27. The van der Waals surface area contributed by atoms with Crippen LogP contribution in [0.1, 0.15) is 24.5 Å². The van der Waals surface area contributed by atoms with Crippen molar-refractivity contribution in [3.05, 3.63) is 84.2 Å².